The molecule has 0 atom stereocenters. The van der Waals surface area contributed by atoms with Gasteiger partial charge in [-0.1, -0.05) is 18.6 Å². The second-order valence-corrected chi connectivity index (χ2v) is 11.2. The van der Waals surface area contributed by atoms with Crippen LogP contribution in [0.25, 0.3) is 0 Å². The van der Waals surface area contributed by atoms with Crippen molar-refractivity contribution in [1.29, 1.82) is 0 Å². The number of anilines is 1. The van der Waals surface area contributed by atoms with Gasteiger partial charge in [-0.3, -0.25) is 9.69 Å². The number of piperidine rings is 1. The van der Waals surface area contributed by atoms with E-state index in [9.17, 15) is 13.2 Å². The molecule has 0 bridgehead atoms. The Bertz CT molecular complexity index is 1060. The van der Waals surface area contributed by atoms with Gasteiger partial charge in [-0.2, -0.15) is 4.31 Å². The van der Waals surface area contributed by atoms with E-state index in [4.69, 9.17) is 4.98 Å². The van der Waals surface area contributed by atoms with Gasteiger partial charge >= 0.3 is 0 Å². The molecule has 31 heavy (non-hydrogen) atoms. The van der Waals surface area contributed by atoms with Crippen LogP contribution in [0.2, 0.25) is 0 Å². The maximum Gasteiger partial charge on any atom is 0.260 e. The molecule has 6 nitrogen and oxygen atoms in total. The van der Waals surface area contributed by atoms with Crippen molar-refractivity contribution in [3.8, 4) is 0 Å². The first kappa shape index (κ1) is 22.2. The molecule has 0 unspecified atom stereocenters. The van der Waals surface area contributed by atoms with Crippen molar-refractivity contribution in [1.82, 2.24) is 9.29 Å². The van der Waals surface area contributed by atoms with Crippen molar-refractivity contribution >= 4 is 32.4 Å². The van der Waals surface area contributed by atoms with Gasteiger partial charge in [-0.25, -0.2) is 13.4 Å². The maximum absolute atomic E-state index is 13.5. The van der Waals surface area contributed by atoms with E-state index in [-0.39, 0.29) is 10.8 Å². The number of benzene rings is 1. The van der Waals surface area contributed by atoms with Crippen LogP contribution in [0.1, 0.15) is 58.6 Å². The molecule has 1 saturated heterocycles. The summed E-state index contributed by atoms with van der Waals surface area (Å²) in [5.74, 6) is -0.249. The van der Waals surface area contributed by atoms with E-state index in [1.54, 1.807) is 45.7 Å². The summed E-state index contributed by atoms with van der Waals surface area (Å²) in [5.41, 5.74) is 2.10. The number of aromatic nitrogens is 1. The highest BCUT2D eigenvalue weighted by Gasteiger charge is 2.29. The third-order valence-corrected chi connectivity index (χ3v) is 9.21. The van der Waals surface area contributed by atoms with Crippen molar-refractivity contribution in [2.75, 3.05) is 24.5 Å². The highest BCUT2D eigenvalue weighted by Crippen LogP contribution is 2.33. The number of carbonyl (C=O) groups excluding carboxylic acids is 1. The standard InChI is InChI=1S/C23H29N3O3S2/c1-3-13-26(23-24-19-9-5-6-10-20(19)30-23)22(27)18-12-11-17(2)21(16-18)31(28,29)25-14-7-4-8-15-25/h3,11-12,16H,1,4-10,13-15H2,2H3. The lowest BCUT2D eigenvalue weighted by atomic mass is 10.0. The summed E-state index contributed by atoms with van der Waals surface area (Å²) in [6.45, 7) is 6.97. The predicted octanol–water partition coefficient (Wildman–Crippen LogP) is 4.34. The van der Waals surface area contributed by atoms with E-state index < -0.39 is 10.0 Å². The zero-order chi connectivity index (χ0) is 22.0. The van der Waals surface area contributed by atoms with E-state index >= 15 is 0 Å². The number of amides is 1. The highest BCUT2D eigenvalue weighted by molar-refractivity contribution is 7.89. The van der Waals surface area contributed by atoms with Crippen LogP contribution in [0.5, 0.6) is 0 Å². The number of fused-ring (bicyclic) bond motifs is 1. The molecule has 0 saturated carbocycles. The van der Waals surface area contributed by atoms with Gasteiger partial charge in [0.05, 0.1) is 10.6 Å². The Kier molecular flexibility index (Phi) is 6.60. The Morgan fingerprint density at radius 3 is 2.65 bits per heavy atom. The minimum Gasteiger partial charge on any atom is -0.280 e. The summed E-state index contributed by atoms with van der Waals surface area (Å²) in [7, 11) is -3.62. The van der Waals surface area contributed by atoms with E-state index in [2.05, 4.69) is 6.58 Å². The molecule has 0 radical (unpaired) electrons. The van der Waals surface area contributed by atoms with Gasteiger partial charge in [0, 0.05) is 30.1 Å². The number of thiazole rings is 1. The first-order valence-electron chi connectivity index (χ1n) is 10.9. The smallest absolute Gasteiger partial charge is 0.260 e. The Labute approximate surface area is 188 Å². The highest BCUT2D eigenvalue weighted by atomic mass is 32.2. The van der Waals surface area contributed by atoms with Gasteiger partial charge < -0.3 is 0 Å². The first-order valence-corrected chi connectivity index (χ1v) is 13.2. The second kappa shape index (κ2) is 9.22. The normalized spacial score (nSPS) is 17.2. The summed E-state index contributed by atoms with van der Waals surface area (Å²) < 4.78 is 28.1. The van der Waals surface area contributed by atoms with Crippen LogP contribution in [0.4, 0.5) is 5.13 Å². The Balaban J connectivity index is 1.67. The van der Waals surface area contributed by atoms with Crippen molar-refractivity contribution in [3.05, 3.63) is 52.6 Å². The number of carbonyl (C=O) groups is 1. The number of aryl methyl sites for hydroxylation is 3. The van der Waals surface area contributed by atoms with E-state index in [1.165, 1.54) is 10.9 Å². The van der Waals surface area contributed by atoms with Gasteiger partial charge in [0.1, 0.15) is 0 Å². The molecule has 1 aliphatic carbocycles. The lowest BCUT2D eigenvalue weighted by Crippen LogP contribution is -2.36. The lowest BCUT2D eigenvalue weighted by molar-refractivity contribution is 0.0989. The lowest BCUT2D eigenvalue weighted by Gasteiger charge is -2.27. The fourth-order valence-electron chi connectivity index (χ4n) is 4.24. The Hall–Kier alpha value is -2.03. The van der Waals surface area contributed by atoms with E-state index in [0.717, 1.165) is 50.6 Å². The average Bonchev–Trinajstić information content (AvgIpc) is 3.21. The van der Waals surface area contributed by atoms with Crippen LogP contribution in [0, 0.1) is 6.92 Å². The minimum atomic E-state index is -3.62. The third kappa shape index (κ3) is 4.47. The van der Waals surface area contributed by atoms with Crippen molar-refractivity contribution < 1.29 is 13.2 Å². The molecular weight excluding hydrogens is 430 g/mol. The molecule has 4 rings (SSSR count). The maximum atomic E-state index is 13.5. The largest absolute Gasteiger partial charge is 0.280 e. The first-order chi connectivity index (χ1) is 14.9. The number of nitrogens with zero attached hydrogens (tertiary/aromatic N) is 3. The molecule has 1 aliphatic heterocycles. The summed E-state index contributed by atoms with van der Waals surface area (Å²) in [6.07, 6.45) is 8.71. The fourth-order valence-corrected chi connectivity index (χ4v) is 7.17. The van der Waals surface area contributed by atoms with Crippen molar-refractivity contribution in [2.24, 2.45) is 0 Å². The summed E-state index contributed by atoms with van der Waals surface area (Å²) >= 11 is 1.56. The monoisotopic (exact) mass is 459 g/mol. The zero-order valence-corrected chi connectivity index (χ0v) is 19.6. The summed E-state index contributed by atoms with van der Waals surface area (Å²) in [5, 5.41) is 0.665. The van der Waals surface area contributed by atoms with Crippen molar-refractivity contribution in [3.63, 3.8) is 0 Å². The quantitative estimate of drug-likeness (QED) is 0.603. The number of hydrogen-bond donors (Lipinski definition) is 0. The topological polar surface area (TPSA) is 70.6 Å². The molecule has 1 aromatic heterocycles. The molecular formula is C23H29N3O3S2. The SMILES string of the molecule is C=CCN(C(=O)c1ccc(C)c(S(=O)(=O)N2CCCCC2)c1)c1nc2c(s1)CCCC2. The van der Waals surface area contributed by atoms with Crippen LogP contribution in [-0.2, 0) is 22.9 Å². The average molecular weight is 460 g/mol. The van der Waals surface area contributed by atoms with Crippen LogP contribution in [0.3, 0.4) is 0 Å². The van der Waals surface area contributed by atoms with Crippen LogP contribution in [0.15, 0.2) is 35.7 Å². The Morgan fingerprint density at radius 1 is 1.19 bits per heavy atom. The molecule has 1 amide bonds. The summed E-state index contributed by atoms with van der Waals surface area (Å²) in [4.78, 5) is 21.3. The van der Waals surface area contributed by atoms with Crippen LogP contribution >= 0.6 is 11.3 Å². The fraction of sp³-hybridized carbons (Fsp3) is 0.478. The van der Waals surface area contributed by atoms with Gasteiger partial charge in [0.2, 0.25) is 10.0 Å². The minimum absolute atomic E-state index is 0.220. The molecule has 166 valence electrons. The molecule has 1 aromatic carbocycles. The van der Waals surface area contributed by atoms with Gasteiger partial charge in [-0.05, 0) is 63.1 Å². The van der Waals surface area contributed by atoms with Crippen molar-refractivity contribution in [2.45, 2.75) is 56.8 Å². The van der Waals surface area contributed by atoms with Gasteiger partial charge in [0.15, 0.2) is 5.13 Å². The molecule has 2 heterocycles. The molecule has 2 aliphatic rings. The predicted molar refractivity (Wildman–Crippen MR) is 124 cm³/mol. The molecule has 1 fully saturated rings. The Morgan fingerprint density at radius 2 is 1.94 bits per heavy atom. The van der Waals surface area contributed by atoms with E-state index in [0.29, 0.717) is 35.9 Å². The molecule has 2 aromatic rings. The number of hydrogen-bond acceptors (Lipinski definition) is 5. The third-order valence-electron chi connectivity index (χ3n) is 5.99. The van der Waals surface area contributed by atoms with E-state index in [1.807, 2.05) is 0 Å². The number of rotatable bonds is 6. The molecule has 0 N–H and O–H groups in total. The van der Waals surface area contributed by atoms with Gasteiger partial charge in [0.25, 0.3) is 5.91 Å². The number of sulfonamides is 1. The van der Waals surface area contributed by atoms with Crippen LogP contribution in [-0.4, -0.2) is 43.2 Å². The summed E-state index contributed by atoms with van der Waals surface area (Å²) in [6, 6.07) is 4.96. The zero-order valence-electron chi connectivity index (χ0n) is 18.0. The molecule has 0 spiro atoms. The second-order valence-electron chi connectivity index (χ2n) is 8.22. The molecule has 8 heteroatoms. The van der Waals surface area contributed by atoms with Crippen LogP contribution < -0.4 is 4.90 Å². The van der Waals surface area contributed by atoms with Gasteiger partial charge in [-0.15, -0.1) is 17.9 Å².